The van der Waals surface area contributed by atoms with Gasteiger partial charge in [0.15, 0.2) is 0 Å². The van der Waals surface area contributed by atoms with Crippen LogP contribution in [0.15, 0.2) is 29.2 Å². The van der Waals surface area contributed by atoms with Gasteiger partial charge in [0, 0.05) is 43.8 Å². The van der Waals surface area contributed by atoms with E-state index >= 15 is 0 Å². The van der Waals surface area contributed by atoms with Gasteiger partial charge < -0.3 is 15.0 Å². The molecule has 0 saturated carbocycles. The van der Waals surface area contributed by atoms with Crippen LogP contribution in [0.2, 0.25) is 5.02 Å². The van der Waals surface area contributed by atoms with Gasteiger partial charge in [0.2, 0.25) is 10.0 Å². The Balaban J connectivity index is 1.78. The van der Waals surface area contributed by atoms with E-state index in [-0.39, 0.29) is 10.6 Å². The minimum Gasteiger partial charge on any atom is -0.495 e. The highest BCUT2D eigenvalue weighted by Crippen LogP contribution is 2.30. The first-order chi connectivity index (χ1) is 13.3. The SMILES string of the molecule is CCNc1cc(N2CCN(S(=O)(=O)c3cc(Cl)ccc3OC)CC2)nc(C)n1. The maximum Gasteiger partial charge on any atom is 0.246 e. The standard InChI is InChI=1S/C18H24ClN5O3S/c1-4-20-17-12-18(22-13(2)21-17)23-7-9-24(10-8-23)28(25,26)16-11-14(19)5-6-15(16)27-3/h5-6,11-12H,4,7-10H2,1-3H3,(H,20,21,22). The Hall–Kier alpha value is -2.10. The van der Waals surface area contributed by atoms with Crippen molar-refractivity contribution in [1.82, 2.24) is 14.3 Å². The van der Waals surface area contributed by atoms with Crippen LogP contribution in [0.4, 0.5) is 11.6 Å². The van der Waals surface area contributed by atoms with E-state index in [0.29, 0.717) is 37.0 Å². The van der Waals surface area contributed by atoms with E-state index in [0.717, 1.165) is 18.2 Å². The average molecular weight is 426 g/mol. The first-order valence-electron chi connectivity index (χ1n) is 9.03. The number of sulfonamides is 1. The molecule has 0 atom stereocenters. The third-order valence-electron chi connectivity index (χ3n) is 4.49. The summed E-state index contributed by atoms with van der Waals surface area (Å²) in [6.45, 7) is 6.37. The van der Waals surface area contributed by atoms with Crippen LogP contribution in [-0.2, 0) is 10.0 Å². The number of benzene rings is 1. The smallest absolute Gasteiger partial charge is 0.246 e. The van der Waals surface area contributed by atoms with Crippen molar-refractivity contribution in [2.75, 3.05) is 50.1 Å². The summed E-state index contributed by atoms with van der Waals surface area (Å²) in [6.07, 6.45) is 0. The molecule has 0 aliphatic carbocycles. The Bertz CT molecular complexity index is 946. The van der Waals surface area contributed by atoms with Gasteiger partial charge in [0.05, 0.1) is 7.11 Å². The van der Waals surface area contributed by atoms with Gasteiger partial charge in [-0.3, -0.25) is 0 Å². The van der Waals surface area contributed by atoms with E-state index < -0.39 is 10.0 Å². The molecule has 8 nitrogen and oxygen atoms in total. The van der Waals surface area contributed by atoms with E-state index in [4.69, 9.17) is 16.3 Å². The number of nitrogens with zero attached hydrogens (tertiary/aromatic N) is 4. The van der Waals surface area contributed by atoms with Gasteiger partial charge in [-0.05, 0) is 32.0 Å². The largest absolute Gasteiger partial charge is 0.495 e. The second kappa shape index (κ2) is 8.50. The maximum absolute atomic E-state index is 13.1. The molecule has 1 aliphatic heterocycles. The number of anilines is 2. The fourth-order valence-corrected chi connectivity index (χ4v) is 4.97. The molecule has 1 aliphatic rings. The summed E-state index contributed by atoms with van der Waals surface area (Å²) in [5.74, 6) is 2.52. The van der Waals surface area contributed by atoms with Gasteiger partial charge in [-0.1, -0.05) is 11.6 Å². The van der Waals surface area contributed by atoms with Gasteiger partial charge in [0.1, 0.15) is 28.1 Å². The molecule has 1 saturated heterocycles. The number of aromatic nitrogens is 2. The van der Waals surface area contributed by atoms with Crippen LogP contribution in [0.5, 0.6) is 5.75 Å². The Morgan fingerprint density at radius 2 is 1.89 bits per heavy atom. The average Bonchev–Trinajstić information content (AvgIpc) is 2.68. The van der Waals surface area contributed by atoms with E-state index in [1.54, 1.807) is 12.1 Å². The topological polar surface area (TPSA) is 87.7 Å². The molecule has 0 radical (unpaired) electrons. The summed E-state index contributed by atoms with van der Waals surface area (Å²) in [4.78, 5) is 11.0. The fourth-order valence-electron chi connectivity index (χ4n) is 3.13. The zero-order valence-corrected chi connectivity index (χ0v) is 17.7. The predicted octanol–water partition coefficient (Wildman–Crippen LogP) is 2.39. The summed E-state index contributed by atoms with van der Waals surface area (Å²) in [6, 6.07) is 6.49. The third-order valence-corrected chi connectivity index (χ3v) is 6.64. The van der Waals surface area contributed by atoms with Crippen LogP contribution in [0, 0.1) is 6.92 Å². The molecule has 1 fully saturated rings. The molecule has 0 unspecified atom stereocenters. The number of nitrogens with one attached hydrogen (secondary N) is 1. The minimum atomic E-state index is -3.71. The first-order valence-corrected chi connectivity index (χ1v) is 10.8. The van der Waals surface area contributed by atoms with Gasteiger partial charge >= 0.3 is 0 Å². The fraction of sp³-hybridized carbons (Fsp3) is 0.444. The molecule has 0 bridgehead atoms. The second-order valence-electron chi connectivity index (χ2n) is 6.38. The maximum atomic E-state index is 13.1. The number of halogens is 1. The van der Waals surface area contributed by atoms with Crippen molar-refractivity contribution in [3.63, 3.8) is 0 Å². The van der Waals surface area contributed by atoms with Crippen LogP contribution >= 0.6 is 11.6 Å². The lowest BCUT2D eigenvalue weighted by atomic mass is 10.3. The second-order valence-corrected chi connectivity index (χ2v) is 8.72. The molecular weight excluding hydrogens is 402 g/mol. The van der Waals surface area contributed by atoms with Crippen LogP contribution in [0.1, 0.15) is 12.7 Å². The van der Waals surface area contributed by atoms with E-state index in [1.807, 2.05) is 19.9 Å². The Morgan fingerprint density at radius 1 is 1.18 bits per heavy atom. The summed E-state index contributed by atoms with van der Waals surface area (Å²) >= 11 is 6.01. The summed E-state index contributed by atoms with van der Waals surface area (Å²) in [5.41, 5.74) is 0. The minimum absolute atomic E-state index is 0.0864. The number of hydrogen-bond acceptors (Lipinski definition) is 7. The van der Waals surface area contributed by atoms with Crippen molar-refractivity contribution in [2.24, 2.45) is 0 Å². The lowest BCUT2D eigenvalue weighted by Crippen LogP contribution is -2.49. The van der Waals surface area contributed by atoms with Crippen molar-refractivity contribution in [3.05, 3.63) is 35.1 Å². The number of hydrogen-bond donors (Lipinski definition) is 1. The van der Waals surface area contributed by atoms with E-state index in [9.17, 15) is 8.42 Å². The molecule has 152 valence electrons. The highest BCUT2D eigenvalue weighted by Gasteiger charge is 2.31. The number of piperazine rings is 1. The van der Waals surface area contributed by atoms with Crippen LogP contribution in [-0.4, -0.2) is 62.5 Å². The molecule has 10 heteroatoms. The number of aryl methyl sites for hydroxylation is 1. The molecule has 0 amide bonds. The van der Waals surface area contributed by atoms with Crippen LogP contribution in [0.3, 0.4) is 0 Å². The third kappa shape index (κ3) is 4.31. The zero-order valence-electron chi connectivity index (χ0n) is 16.1. The highest BCUT2D eigenvalue weighted by atomic mass is 35.5. The number of methoxy groups -OCH3 is 1. The molecule has 3 rings (SSSR count). The normalized spacial score (nSPS) is 15.5. The van der Waals surface area contributed by atoms with Crippen molar-refractivity contribution in [2.45, 2.75) is 18.7 Å². The van der Waals surface area contributed by atoms with Crippen LogP contribution < -0.4 is 15.0 Å². The van der Waals surface area contributed by atoms with Gasteiger partial charge in [-0.15, -0.1) is 0 Å². The molecule has 2 heterocycles. The Labute approximate surface area is 170 Å². The quantitative estimate of drug-likeness (QED) is 0.760. The highest BCUT2D eigenvalue weighted by molar-refractivity contribution is 7.89. The van der Waals surface area contributed by atoms with Gasteiger partial charge in [-0.25, -0.2) is 18.4 Å². The predicted molar refractivity (Wildman–Crippen MR) is 110 cm³/mol. The number of rotatable bonds is 6. The van der Waals surface area contributed by atoms with E-state index in [2.05, 4.69) is 20.2 Å². The molecule has 1 aromatic carbocycles. The number of ether oxygens (including phenoxy) is 1. The van der Waals surface area contributed by atoms with Crippen molar-refractivity contribution in [3.8, 4) is 5.75 Å². The summed E-state index contributed by atoms with van der Waals surface area (Å²) in [5, 5.41) is 3.54. The van der Waals surface area contributed by atoms with Gasteiger partial charge in [-0.2, -0.15) is 4.31 Å². The summed E-state index contributed by atoms with van der Waals surface area (Å²) in [7, 11) is -2.26. The molecule has 2 aromatic rings. The summed E-state index contributed by atoms with van der Waals surface area (Å²) < 4.78 is 32.9. The Morgan fingerprint density at radius 3 is 2.54 bits per heavy atom. The lowest BCUT2D eigenvalue weighted by molar-refractivity contribution is 0.373. The van der Waals surface area contributed by atoms with Crippen LogP contribution in [0.25, 0.3) is 0 Å². The first kappa shape index (κ1) is 20.6. The van der Waals surface area contributed by atoms with Crippen molar-refractivity contribution in [1.29, 1.82) is 0 Å². The lowest BCUT2D eigenvalue weighted by Gasteiger charge is -2.35. The molecular formula is C18H24ClN5O3S. The zero-order chi connectivity index (χ0) is 20.3. The van der Waals surface area contributed by atoms with E-state index in [1.165, 1.54) is 17.5 Å². The molecule has 0 spiro atoms. The Kier molecular flexibility index (Phi) is 6.26. The molecule has 1 N–H and O–H groups in total. The molecule has 28 heavy (non-hydrogen) atoms. The monoisotopic (exact) mass is 425 g/mol. The van der Waals surface area contributed by atoms with Gasteiger partial charge in [0.25, 0.3) is 0 Å². The van der Waals surface area contributed by atoms with Crippen molar-refractivity contribution < 1.29 is 13.2 Å². The molecule has 1 aromatic heterocycles. The van der Waals surface area contributed by atoms with Crippen molar-refractivity contribution >= 4 is 33.3 Å².